The monoisotopic (exact) mass is 600 g/mol. The van der Waals surface area contributed by atoms with Crippen molar-refractivity contribution in [1.82, 2.24) is 9.24 Å². The highest BCUT2D eigenvalue weighted by molar-refractivity contribution is 6.39. The predicted octanol–water partition coefficient (Wildman–Crippen LogP) is 10.9. The van der Waals surface area contributed by atoms with Crippen LogP contribution in [0.1, 0.15) is 11.1 Å². The van der Waals surface area contributed by atoms with Gasteiger partial charge in [-0.2, -0.15) is 0 Å². The fraction of sp³-hybridized carbons (Fsp3) is 0. The van der Waals surface area contributed by atoms with Crippen LogP contribution in [0.4, 0.5) is 5.69 Å². The minimum absolute atomic E-state index is 0.486. The van der Waals surface area contributed by atoms with E-state index in [0.29, 0.717) is 5.71 Å². The molecule has 0 unspecified atom stereocenters. The molecule has 0 fully saturated rings. The van der Waals surface area contributed by atoms with Crippen LogP contribution in [0.25, 0.3) is 70.8 Å². The zero-order valence-electron chi connectivity index (χ0n) is 25.4. The maximum atomic E-state index is 9.15. The van der Waals surface area contributed by atoms with Gasteiger partial charge in [-0.15, -0.1) is 0 Å². The van der Waals surface area contributed by atoms with Crippen molar-refractivity contribution in [1.29, 1.82) is 5.41 Å². The van der Waals surface area contributed by atoms with Crippen LogP contribution < -0.4 is 5.43 Å². The number of anilines is 1. The molecule has 2 heterocycles. The molecular formula is C43H28N4. The highest BCUT2D eigenvalue weighted by atomic mass is 15.4. The van der Waals surface area contributed by atoms with Crippen LogP contribution in [0, 0.1) is 5.41 Å². The van der Waals surface area contributed by atoms with Crippen molar-refractivity contribution in [3.8, 4) is 5.69 Å². The summed E-state index contributed by atoms with van der Waals surface area (Å²) in [5.74, 6) is 0. The Morgan fingerprint density at radius 1 is 0.426 bits per heavy atom. The van der Waals surface area contributed by atoms with Crippen molar-refractivity contribution in [2.75, 3.05) is 5.43 Å². The summed E-state index contributed by atoms with van der Waals surface area (Å²) in [6.45, 7) is 0. The summed E-state index contributed by atoms with van der Waals surface area (Å²) in [6.07, 6.45) is 0. The van der Waals surface area contributed by atoms with Crippen LogP contribution in [0.3, 0.4) is 0 Å². The molecule has 0 saturated heterocycles. The van der Waals surface area contributed by atoms with E-state index < -0.39 is 0 Å². The minimum Gasteiger partial charge on any atom is -0.309 e. The molecule has 0 bridgehead atoms. The molecule has 0 atom stereocenters. The van der Waals surface area contributed by atoms with Gasteiger partial charge in [-0.1, -0.05) is 115 Å². The molecule has 10 rings (SSSR count). The molecule has 10 aromatic rings. The van der Waals surface area contributed by atoms with Gasteiger partial charge in [0.1, 0.15) is 0 Å². The second kappa shape index (κ2) is 9.80. The van der Waals surface area contributed by atoms with E-state index in [-0.39, 0.29) is 0 Å². The van der Waals surface area contributed by atoms with Gasteiger partial charge in [-0.05, 0) is 64.0 Å². The molecule has 4 nitrogen and oxygen atoms in total. The Balaban J connectivity index is 1.37. The summed E-state index contributed by atoms with van der Waals surface area (Å²) in [4.78, 5) is 0. The van der Waals surface area contributed by atoms with E-state index in [1.165, 1.54) is 54.1 Å². The summed E-state index contributed by atoms with van der Waals surface area (Å²) in [5, 5.41) is 19.1. The Morgan fingerprint density at radius 3 is 1.68 bits per heavy atom. The molecule has 0 radical (unpaired) electrons. The number of hydrogen-bond donors (Lipinski definition) is 2. The first-order valence-corrected chi connectivity index (χ1v) is 16.0. The van der Waals surface area contributed by atoms with E-state index in [1.807, 2.05) is 48.5 Å². The topological polar surface area (TPSA) is 45.7 Å². The lowest BCUT2D eigenvalue weighted by atomic mass is 9.95. The number of para-hydroxylation sites is 2. The van der Waals surface area contributed by atoms with Gasteiger partial charge in [0.25, 0.3) is 0 Å². The van der Waals surface area contributed by atoms with E-state index in [0.717, 1.165) is 33.5 Å². The molecule has 0 amide bonds. The third kappa shape index (κ3) is 3.61. The summed E-state index contributed by atoms with van der Waals surface area (Å²) < 4.78 is 4.64. The van der Waals surface area contributed by atoms with Crippen molar-refractivity contribution in [2.24, 2.45) is 0 Å². The molecule has 0 saturated carbocycles. The number of benzene rings is 7. The molecule has 47 heavy (non-hydrogen) atoms. The van der Waals surface area contributed by atoms with Crippen molar-refractivity contribution >= 4 is 76.6 Å². The Morgan fingerprint density at radius 2 is 0.936 bits per heavy atom. The van der Waals surface area contributed by atoms with Gasteiger partial charge in [0.15, 0.2) is 0 Å². The number of hydrogen-bond acceptors (Lipinski definition) is 2. The van der Waals surface area contributed by atoms with E-state index in [9.17, 15) is 0 Å². The molecule has 0 aliphatic carbocycles. The first kappa shape index (κ1) is 25.9. The van der Waals surface area contributed by atoms with Gasteiger partial charge in [-0.3, -0.25) is 15.5 Å². The first-order chi connectivity index (χ1) is 23.3. The Labute approximate surface area is 270 Å². The zero-order chi connectivity index (χ0) is 31.1. The van der Waals surface area contributed by atoms with Crippen molar-refractivity contribution < 1.29 is 0 Å². The number of aromatic nitrogens is 2. The number of rotatable bonds is 5. The fourth-order valence-electron chi connectivity index (χ4n) is 7.75. The molecule has 2 aromatic heterocycles. The Kier molecular flexibility index (Phi) is 5.40. The van der Waals surface area contributed by atoms with E-state index in [1.54, 1.807) is 0 Å². The van der Waals surface area contributed by atoms with Gasteiger partial charge >= 0.3 is 0 Å². The number of nitrogens with zero attached hydrogens (tertiary/aromatic N) is 2. The second-order valence-corrected chi connectivity index (χ2v) is 12.2. The normalized spacial score (nSPS) is 11.9. The van der Waals surface area contributed by atoms with Crippen LogP contribution in [-0.2, 0) is 0 Å². The van der Waals surface area contributed by atoms with Gasteiger partial charge < -0.3 is 4.57 Å². The summed E-state index contributed by atoms with van der Waals surface area (Å²) in [7, 11) is 0. The van der Waals surface area contributed by atoms with Crippen molar-refractivity contribution in [3.05, 3.63) is 169 Å². The minimum atomic E-state index is 0.486. The smallest absolute Gasteiger partial charge is 0.0718 e. The molecule has 0 aliphatic rings. The lowest BCUT2D eigenvalue weighted by Crippen LogP contribution is -2.13. The number of fused-ring (bicyclic) bond motifs is 3. The molecule has 8 aromatic carbocycles. The van der Waals surface area contributed by atoms with Crippen LogP contribution in [0.15, 0.2) is 158 Å². The molecule has 4 heteroatoms. The lowest BCUT2D eigenvalue weighted by molar-refractivity contribution is 1.06. The summed E-state index contributed by atoms with van der Waals surface area (Å²) in [5.41, 5.74) is 12.6. The van der Waals surface area contributed by atoms with Gasteiger partial charge in [0, 0.05) is 38.4 Å². The Bertz CT molecular complexity index is 2820. The van der Waals surface area contributed by atoms with Crippen molar-refractivity contribution in [2.45, 2.75) is 0 Å². The van der Waals surface area contributed by atoms with E-state index in [2.05, 4.69) is 124 Å². The molecule has 0 aliphatic heterocycles. The van der Waals surface area contributed by atoms with E-state index in [4.69, 9.17) is 5.41 Å². The second-order valence-electron chi connectivity index (χ2n) is 12.2. The molecule has 220 valence electrons. The quantitative estimate of drug-likeness (QED) is 0.190. The molecular weight excluding hydrogens is 573 g/mol. The fourth-order valence-corrected chi connectivity index (χ4v) is 7.75. The Hall–Kier alpha value is -6.39. The van der Waals surface area contributed by atoms with Crippen LogP contribution in [-0.4, -0.2) is 15.0 Å². The van der Waals surface area contributed by atoms with Crippen LogP contribution in [0.5, 0.6) is 0 Å². The maximum Gasteiger partial charge on any atom is 0.0718 e. The van der Waals surface area contributed by atoms with Gasteiger partial charge in [-0.25, -0.2) is 0 Å². The standard InChI is InChI=1S/C43H28N4/c44-43(27-13-3-1-4-14-27)33-19-9-10-22-34(33)45-47-37-24-12-21-32-30-18-8-7-17-29(30)31-20-11-23-35-39(31)41-36(25-26-38(47)42(41)40(32)37)46(35)28-15-5-2-6-16-28/h1-26,44-45H. The number of nitrogens with one attached hydrogen (secondary N) is 2. The van der Waals surface area contributed by atoms with Crippen LogP contribution in [0.2, 0.25) is 0 Å². The van der Waals surface area contributed by atoms with Gasteiger partial charge in [0.2, 0.25) is 0 Å². The lowest BCUT2D eigenvalue weighted by Gasteiger charge is -2.16. The average molecular weight is 601 g/mol. The highest BCUT2D eigenvalue weighted by Gasteiger charge is 2.24. The largest absolute Gasteiger partial charge is 0.309 e. The van der Waals surface area contributed by atoms with Gasteiger partial charge in [0.05, 0.1) is 33.5 Å². The zero-order valence-corrected chi connectivity index (χ0v) is 25.4. The molecule has 2 N–H and O–H groups in total. The summed E-state index contributed by atoms with van der Waals surface area (Å²) in [6, 6.07) is 55.5. The van der Waals surface area contributed by atoms with Crippen molar-refractivity contribution in [3.63, 3.8) is 0 Å². The SMILES string of the molecule is N=C(c1ccccc1)c1ccccc1Nn1c2cccc3c4ccccc4c4cccc5c4c4c(c32)c1ccc4n5-c1ccccc1. The highest BCUT2D eigenvalue weighted by Crippen LogP contribution is 2.46. The maximum absolute atomic E-state index is 9.15. The third-order valence-corrected chi connectivity index (χ3v) is 9.72. The first-order valence-electron chi connectivity index (χ1n) is 16.0. The average Bonchev–Trinajstić information content (AvgIpc) is 3.64. The summed E-state index contributed by atoms with van der Waals surface area (Å²) >= 11 is 0. The third-order valence-electron chi connectivity index (χ3n) is 9.72. The molecule has 0 spiro atoms. The van der Waals surface area contributed by atoms with Crippen LogP contribution >= 0.6 is 0 Å². The van der Waals surface area contributed by atoms with E-state index >= 15 is 0 Å². The predicted molar refractivity (Wildman–Crippen MR) is 198 cm³/mol.